The van der Waals surface area contributed by atoms with Crippen molar-refractivity contribution >= 4 is 11.9 Å². The van der Waals surface area contributed by atoms with Gasteiger partial charge in [-0.1, -0.05) is 18.2 Å². The van der Waals surface area contributed by atoms with E-state index in [1.165, 1.54) is 30.5 Å². The maximum atomic E-state index is 12.5. The third-order valence-electron chi connectivity index (χ3n) is 2.84. The van der Waals surface area contributed by atoms with Gasteiger partial charge in [-0.05, 0) is 35.9 Å². The van der Waals surface area contributed by atoms with E-state index in [0.29, 0.717) is 5.56 Å². The number of hydrogen-bond acceptors (Lipinski definition) is 2. The highest BCUT2D eigenvalue weighted by atomic mass is 19.4. The zero-order chi connectivity index (χ0) is 17.1. The van der Waals surface area contributed by atoms with Gasteiger partial charge in [0, 0.05) is 0 Å². The van der Waals surface area contributed by atoms with Gasteiger partial charge in [0.15, 0.2) is 0 Å². The van der Waals surface area contributed by atoms with Crippen LogP contribution < -0.4 is 5.43 Å². The van der Waals surface area contributed by atoms with Gasteiger partial charge in [0.05, 0.1) is 23.0 Å². The van der Waals surface area contributed by atoms with Gasteiger partial charge in [-0.3, -0.25) is 5.43 Å². The van der Waals surface area contributed by atoms with E-state index in [0.717, 1.165) is 24.3 Å². The summed E-state index contributed by atoms with van der Waals surface area (Å²) >= 11 is 0. The Hall–Kier alpha value is -2.51. The number of alkyl halides is 6. The topological polar surface area (TPSA) is 24.4 Å². The highest BCUT2D eigenvalue weighted by Crippen LogP contribution is 2.31. The number of rotatable bonds is 3. The fourth-order valence-corrected chi connectivity index (χ4v) is 1.70. The lowest BCUT2D eigenvalue weighted by molar-refractivity contribution is -0.138. The van der Waals surface area contributed by atoms with E-state index in [1.807, 2.05) is 0 Å². The zero-order valence-corrected chi connectivity index (χ0v) is 11.4. The maximum absolute atomic E-state index is 12.5. The quantitative estimate of drug-likeness (QED) is 0.468. The Bertz CT molecular complexity index is 686. The molecular weight excluding hydrogens is 322 g/mol. The molecule has 0 amide bonds. The van der Waals surface area contributed by atoms with Crippen LogP contribution in [0.25, 0.3) is 0 Å². The van der Waals surface area contributed by atoms with E-state index < -0.39 is 23.5 Å². The third kappa shape index (κ3) is 4.73. The highest BCUT2D eigenvalue weighted by molar-refractivity contribution is 5.80. The van der Waals surface area contributed by atoms with Gasteiger partial charge in [-0.25, -0.2) is 0 Å². The van der Waals surface area contributed by atoms with Crippen LogP contribution in [0, 0.1) is 0 Å². The SMILES string of the molecule is FC(F)(F)c1ccc(C=NNc2cccc(C(F)(F)F)c2)cc1. The van der Waals surface area contributed by atoms with Crippen LogP contribution in [-0.4, -0.2) is 6.21 Å². The summed E-state index contributed by atoms with van der Waals surface area (Å²) in [6.45, 7) is 0. The molecule has 0 radical (unpaired) electrons. The van der Waals surface area contributed by atoms with Crippen molar-refractivity contribution in [3.05, 3.63) is 65.2 Å². The van der Waals surface area contributed by atoms with Crippen molar-refractivity contribution in [2.75, 3.05) is 5.43 Å². The van der Waals surface area contributed by atoms with E-state index >= 15 is 0 Å². The van der Waals surface area contributed by atoms with Crippen LogP contribution in [0.5, 0.6) is 0 Å². The molecule has 0 aliphatic rings. The van der Waals surface area contributed by atoms with Gasteiger partial charge in [0.1, 0.15) is 0 Å². The Morgan fingerprint density at radius 2 is 1.39 bits per heavy atom. The van der Waals surface area contributed by atoms with Crippen LogP contribution in [0.1, 0.15) is 16.7 Å². The van der Waals surface area contributed by atoms with Crippen molar-refractivity contribution in [1.29, 1.82) is 0 Å². The fourth-order valence-electron chi connectivity index (χ4n) is 1.70. The second-order valence-electron chi connectivity index (χ2n) is 4.57. The van der Waals surface area contributed by atoms with Crippen molar-refractivity contribution in [3.8, 4) is 0 Å². The van der Waals surface area contributed by atoms with Gasteiger partial charge in [0.25, 0.3) is 0 Å². The largest absolute Gasteiger partial charge is 0.416 e. The predicted octanol–water partition coefficient (Wildman–Crippen LogP) is 5.17. The third-order valence-corrected chi connectivity index (χ3v) is 2.84. The molecule has 0 aliphatic heterocycles. The fraction of sp³-hybridized carbons (Fsp3) is 0.133. The Morgan fingerprint density at radius 3 is 1.96 bits per heavy atom. The molecule has 0 atom stereocenters. The van der Waals surface area contributed by atoms with Gasteiger partial charge in [-0.15, -0.1) is 0 Å². The van der Waals surface area contributed by atoms with E-state index in [2.05, 4.69) is 10.5 Å². The van der Waals surface area contributed by atoms with Crippen LogP contribution in [0.3, 0.4) is 0 Å². The molecule has 0 heterocycles. The number of nitrogens with one attached hydrogen (secondary N) is 1. The molecule has 0 bridgehead atoms. The molecular formula is C15H10F6N2. The van der Waals surface area contributed by atoms with Gasteiger partial charge >= 0.3 is 12.4 Å². The summed E-state index contributed by atoms with van der Waals surface area (Å²) in [6, 6.07) is 8.62. The first-order valence-electron chi connectivity index (χ1n) is 6.30. The zero-order valence-electron chi connectivity index (χ0n) is 11.4. The summed E-state index contributed by atoms with van der Waals surface area (Å²) in [6.07, 6.45) is -7.68. The van der Waals surface area contributed by atoms with E-state index in [9.17, 15) is 26.3 Å². The van der Waals surface area contributed by atoms with Crippen molar-refractivity contribution in [1.82, 2.24) is 0 Å². The molecule has 2 rings (SSSR count). The molecule has 2 aromatic carbocycles. The van der Waals surface area contributed by atoms with E-state index in [4.69, 9.17) is 0 Å². The molecule has 0 saturated carbocycles. The molecule has 0 aliphatic carbocycles. The first kappa shape index (κ1) is 16.9. The lowest BCUT2D eigenvalue weighted by atomic mass is 10.1. The smallest absolute Gasteiger partial charge is 0.278 e. The van der Waals surface area contributed by atoms with Crippen molar-refractivity contribution in [3.63, 3.8) is 0 Å². The highest BCUT2D eigenvalue weighted by Gasteiger charge is 2.30. The Morgan fingerprint density at radius 1 is 0.783 bits per heavy atom. The Balaban J connectivity index is 2.05. The monoisotopic (exact) mass is 332 g/mol. The first-order valence-corrected chi connectivity index (χ1v) is 6.30. The first-order chi connectivity index (χ1) is 10.7. The number of nitrogens with zero attached hydrogens (tertiary/aromatic N) is 1. The van der Waals surface area contributed by atoms with Crippen molar-refractivity contribution in [2.45, 2.75) is 12.4 Å². The van der Waals surface area contributed by atoms with Crippen LogP contribution >= 0.6 is 0 Å². The van der Waals surface area contributed by atoms with E-state index in [-0.39, 0.29) is 5.69 Å². The normalized spacial score (nSPS) is 12.6. The number of hydrogen-bond donors (Lipinski definition) is 1. The van der Waals surface area contributed by atoms with Gasteiger partial charge < -0.3 is 0 Å². The lowest BCUT2D eigenvalue weighted by Gasteiger charge is -2.08. The summed E-state index contributed by atoms with van der Waals surface area (Å²) in [5.74, 6) is 0. The Kier molecular flexibility index (Phi) is 4.63. The predicted molar refractivity (Wildman–Crippen MR) is 74.1 cm³/mol. The van der Waals surface area contributed by atoms with Crippen LogP contribution in [0.2, 0.25) is 0 Å². The summed E-state index contributed by atoms with van der Waals surface area (Å²) < 4.78 is 74.8. The molecule has 1 N–H and O–H groups in total. The van der Waals surface area contributed by atoms with Crippen molar-refractivity contribution in [2.24, 2.45) is 5.10 Å². The minimum absolute atomic E-state index is 0.114. The van der Waals surface area contributed by atoms with Crippen LogP contribution in [-0.2, 0) is 12.4 Å². The van der Waals surface area contributed by atoms with Crippen LogP contribution in [0.4, 0.5) is 32.0 Å². The lowest BCUT2D eigenvalue weighted by Crippen LogP contribution is -2.05. The number of halogens is 6. The minimum atomic E-state index is -4.46. The maximum Gasteiger partial charge on any atom is 0.416 e. The second-order valence-corrected chi connectivity index (χ2v) is 4.57. The number of anilines is 1. The Labute approximate surface area is 127 Å². The molecule has 0 fully saturated rings. The van der Waals surface area contributed by atoms with E-state index in [1.54, 1.807) is 0 Å². The minimum Gasteiger partial charge on any atom is -0.278 e. The molecule has 122 valence electrons. The average molecular weight is 332 g/mol. The van der Waals surface area contributed by atoms with Gasteiger partial charge in [-0.2, -0.15) is 31.4 Å². The molecule has 0 aromatic heterocycles. The molecule has 2 nitrogen and oxygen atoms in total. The summed E-state index contributed by atoms with van der Waals surface area (Å²) in [5.41, 5.74) is 1.27. The van der Waals surface area contributed by atoms with Crippen LogP contribution in [0.15, 0.2) is 53.6 Å². The molecule has 8 heteroatoms. The average Bonchev–Trinajstić information content (AvgIpc) is 2.46. The molecule has 0 saturated heterocycles. The molecule has 23 heavy (non-hydrogen) atoms. The number of hydrazone groups is 1. The summed E-state index contributed by atoms with van der Waals surface area (Å²) in [7, 11) is 0. The summed E-state index contributed by atoms with van der Waals surface area (Å²) in [5, 5.41) is 3.70. The summed E-state index contributed by atoms with van der Waals surface area (Å²) in [4.78, 5) is 0. The molecule has 0 unspecified atom stereocenters. The number of benzene rings is 2. The molecule has 2 aromatic rings. The van der Waals surface area contributed by atoms with Gasteiger partial charge in [0.2, 0.25) is 0 Å². The standard InChI is InChI=1S/C15H10F6N2/c16-14(17,18)11-6-4-10(5-7-11)9-22-23-13-3-1-2-12(8-13)15(19,20)21/h1-9,23H. The second kappa shape index (κ2) is 6.31. The molecule has 0 spiro atoms. The van der Waals surface area contributed by atoms with Crippen molar-refractivity contribution < 1.29 is 26.3 Å².